The highest BCUT2D eigenvalue weighted by Crippen LogP contribution is 2.43. The number of methoxy groups -OCH3 is 1. The molecule has 0 aromatic heterocycles. The molecule has 2 aromatic rings. The fraction of sp³-hybridized carbons (Fsp3) is 0.400. The predicted molar refractivity (Wildman–Crippen MR) is 128 cm³/mol. The first kappa shape index (κ1) is 25.5. The van der Waals surface area contributed by atoms with Gasteiger partial charge in [0, 0.05) is 28.4 Å². The first-order valence-electron chi connectivity index (χ1n) is 10.9. The van der Waals surface area contributed by atoms with E-state index < -0.39 is 30.6 Å². The number of benzene rings is 2. The van der Waals surface area contributed by atoms with Crippen molar-refractivity contribution in [2.24, 2.45) is 5.41 Å². The number of nitrogens with zero attached hydrogens (tertiary/aromatic N) is 1. The molecule has 3 rings (SSSR count). The van der Waals surface area contributed by atoms with Crippen molar-refractivity contribution in [3.05, 3.63) is 58.6 Å². The Hall–Kier alpha value is -3.10. The number of halogens is 1. The maximum atomic E-state index is 13.7. The molecule has 0 bridgehead atoms. The summed E-state index contributed by atoms with van der Waals surface area (Å²) in [6.07, 6.45) is -2.24. The molecule has 0 saturated carbocycles. The van der Waals surface area contributed by atoms with E-state index in [2.05, 4.69) is 5.32 Å². The molecular weight excluding hydrogens is 460 g/mol. The fourth-order valence-corrected chi connectivity index (χ4v) is 4.06. The Labute approximate surface area is 203 Å². The molecule has 2 aromatic carbocycles. The van der Waals surface area contributed by atoms with E-state index in [1.165, 1.54) is 0 Å². The van der Waals surface area contributed by atoms with Crippen LogP contribution in [0.4, 0.5) is 5.69 Å². The monoisotopic (exact) mass is 488 g/mol. The number of carbonyl (C=O) groups is 3. The molecule has 2 unspecified atom stereocenters. The van der Waals surface area contributed by atoms with Crippen LogP contribution in [0, 0.1) is 5.41 Å². The molecule has 9 heteroatoms. The molecule has 1 heterocycles. The van der Waals surface area contributed by atoms with Gasteiger partial charge in [-0.25, -0.2) is 0 Å². The number of carbonyl (C=O) groups excluding carboxylic acids is 2. The minimum atomic E-state index is -1.18. The summed E-state index contributed by atoms with van der Waals surface area (Å²) in [5.74, 6) is -1.60. The summed E-state index contributed by atoms with van der Waals surface area (Å²) in [5.41, 5.74) is 1.72. The average Bonchev–Trinajstić information content (AvgIpc) is 2.87. The maximum Gasteiger partial charge on any atom is 0.322 e. The highest BCUT2D eigenvalue weighted by Gasteiger charge is 2.39. The zero-order chi connectivity index (χ0) is 25.0. The van der Waals surface area contributed by atoms with Gasteiger partial charge in [-0.05, 0) is 29.7 Å². The normalized spacial score (nSPS) is 18.1. The Morgan fingerprint density at radius 1 is 1.18 bits per heavy atom. The first-order valence-corrected chi connectivity index (χ1v) is 11.3. The molecule has 182 valence electrons. The number of anilines is 1. The van der Waals surface area contributed by atoms with Crippen molar-refractivity contribution in [2.45, 2.75) is 39.4 Å². The van der Waals surface area contributed by atoms with Crippen LogP contribution in [-0.4, -0.2) is 49.2 Å². The van der Waals surface area contributed by atoms with Gasteiger partial charge in [-0.3, -0.25) is 14.4 Å². The van der Waals surface area contributed by atoms with E-state index in [-0.39, 0.29) is 17.7 Å². The maximum absolute atomic E-state index is 13.7. The summed E-state index contributed by atoms with van der Waals surface area (Å²) in [6, 6.07) is 12.5. The van der Waals surface area contributed by atoms with E-state index in [4.69, 9.17) is 26.2 Å². The van der Waals surface area contributed by atoms with Crippen molar-refractivity contribution in [2.75, 3.05) is 25.1 Å². The quantitative estimate of drug-likeness (QED) is 0.614. The Morgan fingerprint density at radius 3 is 2.53 bits per heavy atom. The lowest BCUT2D eigenvalue weighted by Crippen LogP contribution is -2.45. The third kappa shape index (κ3) is 6.07. The molecule has 0 aliphatic carbocycles. The predicted octanol–water partition coefficient (Wildman–Crippen LogP) is 3.81. The van der Waals surface area contributed by atoms with E-state index >= 15 is 0 Å². The van der Waals surface area contributed by atoms with Gasteiger partial charge in [0.05, 0.1) is 13.5 Å². The molecule has 2 N–H and O–H groups in total. The van der Waals surface area contributed by atoms with E-state index in [0.29, 0.717) is 34.1 Å². The van der Waals surface area contributed by atoms with Gasteiger partial charge in [-0.1, -0.05) is 50.6 Å². The van der Waals surface area contributed by atoms with E-state index in [0.717, 1.165) is 0 Å². The number of para-hydroxylation sites is 1. The second kappa shape index (κ2) is 10.4. The van der Waals surface area contributed by atoms with Crippen molar-refractivity contribution in [3.63, 3.8) is 0 Å². The fourth-order valence-electron chi connectivity index (χ4n) is 3.88. The van der Waals surface area contributed by atoms with Gasteiger partial charge >= 0.3 is 5.97 Å². The van der Waals surface area contributed by atoms with Crippen LogP contribution < -0.4 is 15.0 Å². The first-order chi connectivity index (χ1) is 16.0. The van der Waals surface area contributed by atoms with Gasteiger partial charge < -0.3 is 24.8 Å². The molecule has 0 fully saturated rings. The number of carboxylic acid groups (broad SMARTS) is 1. The number of ether oxygens (including phenoxy) is 2. The van der Waals surface area contributed by atoms with Gasteiger partial charge in [-0.2, -0.15) is 0 Å². The van der Waals surface area contributed by atoms with Crippen LogP contribution in [0.1, 0.15) is 44.4 Å². The number of hydrogen-bond donors (Lipinski definition) is 2. The van der Waals surface area contributed by atoms with Crippen molar-refractivity contribution >= 4 is 35.1 Å². The average molecular weight is 489 g/mol. The lowest BCUT2D eigenvalue weighted by atomic mass is 9.94. The highest BCUT2D eigenvalue weighted by molar-refractivity contribution is 6.30. The molecule has 1 aliphatic heterocycles. The number of carboxylic acids is 1. The molecule has 0 spiro atoms. The molecule has 0 radical (unpaired) electrons. The van der Waals surface area contributed by atoms with Crippen LogP contribution in [0.5, 0.6) is 5.75 Å². The SMILES string of the molecule is COc1ccccc1C1OC(CC(=O)NCC(=O)O)C(=O)N(CC(C)(C)C)c2ccc(Cl)cc21. The summed E-state index contributed by atoms with van der Waals surface area (Å²) in [7, 11) is 1.54. The van der Waals surface area contributed by atoms with Crippen LogP contribution in [0.2, 0.25) is 5.02 Å². The van der Waals surface area contributed by atoms with Crippen molar-refractivity contribution < 1.29 is 29.0 Å². The second-order valence-electron chi connectivity index (χ2n) is 9.31. The molecular formula is C25H29ClN2O6. The van der Waals surface area contributed by atoms with Gasteiger partial charge in [0.1, 0.15) is 24.5 Å². The molecule has 2 atom stereocenters. The minimum absolute atomic E-state index is 0.257. The lowest BCUT2D eigenvalue weighted by molar-refractivity contribution is -0.140. The Kier molecular flexibility index (Phi) is 7.84. The number of rotatable bonds is 7. The van der Waals surface area contributed by atoms with E-state index in [1.54, 1.807) is 36.3 Å². The van der Waals surface area contributed by atoms with Crippen LogP contribution in [-0.2, 0) is 19.1 Å². The standard InChI is InChI=1S/C25H29ClN2O6/c1-25(2,3)14-28-18-10-9-15(26)11-17(18)23(16-7-5-6-8-19(16)33-4)34-20(24(28)32)12-21(29)27-13-22(30)31/h5-11,20,23H,12-14H2,1-4H3,(H,27,29)(H,30,31). The summed E-state index contributed by atoms with van der Waals surface area (Å²) in [6.45, 7) is 5.85. The molecule has 34 heavy (non-hydrogen) atoms. The van der Waals surface area contributed by atoms with Crippen molar-refractivity contribution in [1.82, 2.24) is 5.32 Å². The molecule has 8 nitrogen and oxygen atoms in total. The molecule has 2 amide bonds. The summed E-state index contributed by atoms with van der Waals surface area (Å²) >= 11 is 6.36. The van der Waals surface area contributed by atoms with Gasteiger partial charge in [0.25, 0.3) is 5.91 Å². The zero-order valence-corrected chi connectivity index (χ0v) is 20.4. The van der Waals surface area contributed by atoms with Crippen molar-refractivity contribution in [1.29, 1.82) is 0 Å². The van der Waals surface area contributed by atoms with E-state index in [9.17, 15) is 14.4 Å². The Bertz CT molecular complexity index is 1080. The number of nitrogens with one attached hydrogen (secondary N) is 1. The lowest BCUT2D eigenvalue weighted by Gasteiger charge is -2.31. The third-order valence-electron chi connectivity index (χ3n) is 5.27. The number of hydrogen-bond acceptors (Lipinski definition) is 5. The smallest absolute Gasteiger partial charge is 0.322 e. The molecule has 0 saturated heterocycles. The van der Waals surface area contributed by atoms with Gasteiger partial charge in [0.2, 0.25) is 5.91 Å². The Balaban J connectivity index is 2.13. The van der Waals surface area contributed by atoms with E-state index in [1.807, 2.05) is 39.0 Å². The minimum Gasteiger partial charge on any atom is -0.496 e. The largest absolute Gasteiger partial charge is 0.496 e. The number of fused-ring (bicyclic) bond motifs is 1. The third-order valence-corrected chi connectivity index (χ3v) is 5.50. The number of aliphatic carboxylic acids is 1. The van der Waals surface area contributed by atoms with Crippen LogP contribution in [0.25, 0.3) is 0 Å². The highest BCUT2D eigenvalue weighted by atomic mass is 35.5. The van der Waals surface area contributed by atoms with Gasteiger partial charge in [0.15, 0.2) is 0 Å². The summed E-state index contributed by atoms with van der Waals surface area (Å²) in [5, 5.41) is 11.7. The van der Waals surface area contributed by atoms with Crippen LogP contribution >= 0.6 is 11.6 Å². The number of amides is 2. The summed E-state index contributed by atoms with van der Waals surface area (Å²) < 4.78 is 11.9. The van der Waals surface area contributed by atoms with Gasteiger partial charge in [-0.15, -0.1) is 0 Å². The summed E-state index contributed by atoms with van der Waals surface area (Å²) in [4.78, 5) is 38.7. The molecule has 1 aliphatic rings. The Morgan fingerprint density at radius 2 is 1.88 bits per heavy atom. The van der Waals surface area contributed by atoms with Crippen molar-refractivity contribution in [3.8, 4) is 5.75 Å². The topological polar surface area (TPSA) is 105 Å². The van der Waals surface area contributed by atoms with Crippen LogP contribution in [0.15, 0.2) is 42.5 Å². The van der Waals surface area contributed by atoms with Crippen LogP contribution in [0.3, 0.4) is 0 Å². The zero-order valence-electron chi connectivity index (χ0n) is 19.6. The second-order valence-corrected chi connectivity index (χ2v) is 9.75.